The van der Waals surface area contributed by atoms with Crippen LogP contribution in [0.2, 0.25) is 0 Å². The zero-order valence-corrected chi connectivity index (χ0v) is 18.7. The number of methoxy groups -OCH3 is 1. The molecule has 2 aromatic carbocycles. The molecule has 1 aliphatic rings. The number of hydrogen-bond acceptors (Lipinski definition) is 6. The van der Waals surface area contributed by atoms with Crippen molar-refractivity contribution in [2.24, 2.45) is 0 Å². The summed E-state index contributed by atoms with van der Waals surface area (Å²) in [6.07, 6.45) is 0. The number of nitrogens with zero attached hydrogens (tertiary/aromatic N) is 2. The summed E-state index contributed by atoms with van der Waals surface area (Å²) in [7, 11) is 1.38. The zero-order valence-electron chi connectivity index (χ0n) is 17.1. The van der Waals surface area contributed by atoms with Gasteiger partial charge >= 0.3 is 5.97 Å². The van der Waals surface area contributed by atoms with E-state index < -0.39 is 5.97 Å². The minimum absolute atomic E-state index is 0.263. The molecule has 0 amide bonds. The number of nitrogens with one attached hydrogen (secondary N) is 1. The summed E-state index contributed by atoms with van der Waals surface area (Å²) in [5.41, 5.74) is 2.51. The highest BCUT2D eigenvalue weighted by Gasteiger charge is 2.23. The second-order valence-corrected chi connectivity index (χ2v) is 8.57. The molecule has 0 aliphatic carbocycles. The molecule has 0 radical (unpaired) electrons. The van der Waals surface area contributed by atoms with Crippen molar-refractivity contribution < 1.29 is 14.6 Å². The number of esters is 1. The van der Waals surface area contributed by atoms with E-state index in [1.54, 1.807) is 12.1 Å². The number of carbonyl (C=O) groups is 1. The molecular formula is C23H23N3O3S2. The van der Waals surface area contributed by atoms with Crippen LogP contribution in [0.5, 0.6) is 5.75 Å². The molecule has 31 heavy (non-hydrogen) atoms. The van der Waals surface area contributed by atoms with E-state index in [1.165, 1.54) is 18.4 Å². The molecule has 2 N–H and O–H groups in total. The molecule has 2 heterocycles. The van der Waals surface area contributed by atoms with Crippen LogP contribution in [-0.2, 0) is 4.74 Å². The summed E-state index contributed by atoms with van der Waals surface area (Å²) in [4.78, 5) is 17.6. The maximum absolute atomic E-state index is 12.3. The summed E-state index contributed by atoms with van der Waals surface area (Å²) >= 11 is 7.13. The quantitative estimate of drug-likeness (QED) is 0.448. The molecule has 0 bridgehead atoms. The number of ether oxygens (including phenoxy) is 1. The van der Waals surface area contributed by atoms with Gasteiger partial charge in [0.2, 0.25) is 0 Å². The number of phenols is 1. The van der Waals surface area contributed by atoms with E-state index in [4.69, 9.17) is 17.0 Å². The largest absolute Gasteiger partial charge is 0.508 e. The lowest BCUT2D eigenvalue weighted by atomic mass is 10.1. The Labute approximate surface area is 190 Å². The van der Waals surface area contributed by atoms with Crippen molar-refractivity contribution in [2.75, 3.05) is 43.5 Å². The van der Waals surface area contributed by atoms with Gasteiger partial charge in [0.15, 0.2) is 5.11 Å². The van der Waals surface area contributed by atoms with Gasteiger partial charge in [-0.3, -0.25) is 0 Å². The van der Waals surface area contributed by atoms with Gasteiger partial charge in [-0.05, 0) is 36.0 Å². The normalized spacial score (nSPS) is 13.7. The number of benzene rings is 2. The van der Waals surface area contributed by atoms with Crippen LogP contribution in [0.15, 0.2) is 60.7 Å². The molecule has 4 rings (SSSR count). The molecule has 0 spiro atoms. The number of rotatable bonds is 4. The van der Waals surface area contributed by atoms with Crippen molar-refractivity contribution in [1.29, 1.82) is 0 Å². The van der Waals surface area contributed by atoms with Crippen LogP contribution in [-0.4, -0.2) is 54.4 Å². The third kappa shape index (κ3) is 4.81. The minimum Gasteiger partial charge on any atom is -0.508 e. The smallest absolute Gasteiger partial charge is 0.340 e. The topological polar surface area (TPSA) is 65.0 Å². The predicted octanol–water partition coefficient (Wildman–Crippen LogP) is 4.43. The highest BCUT2D eigenvalue weighted by molar-refractivity contribution is 7.80. The van der Waals surface area contributed by atoms with Crippen LogP contribution in [0.25, 0.3) is 10.4 Å². The fourth-order valence-electron chi connectivity index (χ4n) is 3.52. The first-order chi connectivity index (χ1) is 15.0. The van der Waals surface area contributed by atoms with Crippen molar-refractivity contribution in [2.45, 2.75) is 0 Å². The van der Waals surface area contributed by atoms with Gasteiger partial charge in [0, 0.05) is 42.8 Å². The second-order valence-electron chi connectivity index (χ2n) is 7.14. The Morgan fingerprint density at radius 2 is 1.81 bits per heavy atom. The fraction of sp³-hybridized carbons (Fsp3) is 0.217. The monoisotopic (exact) mass is 453 g/mol. The van der Waals surface area contributed by atoms with E-state index in [0.717, 1.165) is 42.3 Å². The number of thiophene rings is 1. The van der Waals surface area contributed by atoms with E-state index in [9.17, 15) is 9.90 Å². The molecule has 1 saturated heterocycles. The number of anilines is 2. The predicted molar refractivity (Wildman–Crippen MR) is 129 cm³/mol. The highest BCUT2D eigenvalue weighted by Crippen LogP contribution is 2.36. The van der Waals surface area contributed by atoms with Gasteiger partial charge in [-0.15, -0.1) is 11.3 Å². The Morgan fingerprint density at radius 3 is 2.48 bits per heavy atom. The third-order valence-corrected chi connectivity index (χ3v) is 6.64. The number of phenolic OH excluding ortho intramolecular Hbond substituents is 1. The highest BCUT2D eigenvalue weighted by atomic mass is 32.1. The SMILES string of the molecule is COC(=O)c1cc(-c2ccccc2)sc1NC(=S)N1CCN(c2cccc(O)c2)CC1. The van der Waals surface area contributed by atoms with Crippen LogP contribution >= 0.6 is 23.6 Å². The summed E-state index contributed by atoms with van der Waals surface area (Å²) in [6.45, 7) is 3.06. The van der Waals surface area contributed by atoms with Crippen molar-refractivity contribution in [3.05, 3.63) is 66.2 Å². The van der Waals surface area contributed by atoms with Gasteiger partial charge < -0.3 is 25.0 Å². The molecule has 1 aliphatic heterocycles. The second kappa shape index (κ2) is 9.36. The molecule has 160 valence electrons. The van der Waals surface area contributed by atoms with Gasteiger partial charge in [0.1, 0.15) is 10.8 Å². The van der Waals surface area contributed by atoms with E-state index in [1.807, 2.05) is 48.5 Å². The lowest BCUT2D eigenvalue weighted by Crippen LogP contribution is -2.50. The fourth-order valence-corrected chi connectivity index (χ4v) is 4.92. The van der Waals surface area contributed by atoms with Crippen LogP contribution < -0.4 is 10.2 Å². The first-order valence-corrected chi connectivity index (χ1v) is 11.1. The van der Waals surface area contributed by atoms with Gasteiger partial charge in [0.25, 0.3) is 0 Å². The molecule has 0 saturated carbocycles. The number of carbonyl (C=O) groups excluding carboxylic acids is 1. The number of aromatic hydroxyl groups is 1. The molecule has 0 atom stereocenters. The van der Waals surface area contributed by atoms with Crippen LogP contribution in [0.4, 0.5) is 10.7 Å². The molecule has 1 fully saturated rings. The number of piperazine rings is 1. The Kier molecular flexibility index (Phi) is 6.39. The van der Waals surface area contributed by atoms with E-state index in [-0.39, 0.29) is 5.75 Å². The lowest BCUT2D eigenvalue weighted by Gasteiger charge is -2.37. The van der Waals surface area contributed by atoms with Gasteiger partial charge in [-0.1, -0.05) is 36.4 Å². The maximum atomic E-state index is 12.3. The van der Waals surface area contributed by atoms with E-state index in [0.29, 0.717) is 15.7 Å². The Balaban J connectivity index is 1.46. The van der Waals surface area contributed by atoms with Crippen molar-refractivity contribution in [1.82, 2.24) is 4.90 Å². The Bertz CT molecular complexity index is 1080. The summed E-state index contributed by atoms with van der Waals surface area (Å²) in [5, 5.41) is 14.3. The van der Waals surface area contributed by atoms with Crippen LogP contribution in [0, 0.1) is 0 Å². The van der Waals surface area contributed by atoms with Crippen LogP contribution in [0.3, 0.4) is 0 Å². The number of thiocarbonyl (C=S) groups is 1. The van der Waals surface area contributed by atoms with Crippen LogP contribution in [0.1, 0.15) is 10.4 Å². The summed E-state index contributed by atoms with van der Waals surface area (Å²) in [6, 6.07) is 19.0. The zero-order chi connectivity index (χ0) is 21.8. The van der Waals surface area contributed by atoms with Gasteiger partial charge in [0.05, 0.1) is 12.7 Å². The lowest BCUT2D eigenvalue weighted by molar-refractivity contribution is 0.0602. The minimum atomic E-state index is -0.391. The van der Waals surface area contributed by atoms with Crippen molar-refractivity contribution >= 4 is 45.3 Å². The molecule has 8 heteroatoms. The standard InChI is InChI=1S/C23H23N3O3S2/c1-29-22(28)19-15-20(16-6-3-2-4-7-16)31-21(19)24-23(30)26-12-10-25(11-13-26)17-8-5-9-18(27)14-17/h2-9,14-15,27H,10-13H2,1H3,(H,24,30). The third-order valence-electron chi connectivity index (χ3n) is 5.18. The Hall–Kier alpha value is -3.10. The molecule has 3 aromatic rings. The first kappa shape index (κ1) is 21.1. The Morgan fingerprint density at radius 1 is 1.06 bits per heavy atom. The van der Waals surface area contributed by atoms with Gasteiger partial charge in [-0.2, -0.15) is 0 Å². The maximum Gasteiger partial charge on any atom is 0.340 e. The number of hydrogen-bond donors (Lipinski definition) is 2. The van der Waals surface area contributed by atoms with Gasteiger partial charge in [-0.25, -0.2) is 4.79 Å². The molecule has 0 unspecified atom stereocenters. The first-order valence-electron chi connectivity index (χ1n) is 9.92. The average molecular weight is 454 g/mol. The van der Waals surface area contributed by atoms with E-state index >= 15 is 0 Å². The molecule has 1 aromatic heterocycles. The van der Waals surface area contributed by atoms with E-state index in [2.05, 4.69) is 15.1 Å². The summed E-state index contributed by atoms with van der Waals surface area (Å²) in [5.74, 6) is -0.128. The molecular weight excluding hydrogens is 430 g/mol. The van der Waals surface area contributed by atoms with Crippen molar-refractivity contribution in [3.8, 4) is 16.2 Å². The molecule has 6 nitrogen and oxygen atoms in total. The summed E-state index contributed by atoms with van der Waals surface area (Å²) < 4.78 is 4.97. The average Bonchev–Trinajstić information content (AvgIpc) is 3.23. The van der Waals surface area contributed by atoms with Crippen molar-refractivity contribution in [3.63, 3.8) is 0 Å².